The van der Waals surface area contributed by atoms with E-state index in [9.17, 15) is 0 Å². The number of rotatable bonds is 5. The number of benzene rings is 2. The highest BCUT2D eigenvalue weighted by Gasteiger charge is 2.10. The molecule has 2 aromatic carbocycles. The number of anilines is 1. The van der Waals surface area contributed by atoms with E-state index >= 15 is 0 Å². The minimum absolute atomic E-state index is 0.313. The van der Waals surface area contributed by atoms with Crippen molar-refractivity contribution in [3.05, 3.63) is 55.4 Å². The van der Waals surface area contributed by atoms with E-state index in [0.717, 1.165) is 31.3 Å². The molecule has 0 aliphatic rings. The summed E-state index contributed by atoms with van der Waals surface area (Å²) >= 11 is 10.5. The molecule has 0 saturated carbocycles. The van der Waals surface area contributed by atoms with Gasteiger partial charge < -0.3 is 10.1 Å². The minimum atomic E-state index is 0.313. The average molecular weight is 478 g/mol. The Morgan fingerprint density at radius 2 is 1.71 bits per heavy atom. The molecular weight excluding hydrogens is 462 g/mol. The second kappa shape index (κ2) is 7.65. The molecule has 1 N–H and O–H groups in total. The van der Waals surface area contributed by atoms with Crippen LogP contribution in [0.2, 0.25) is 0 Å². The van der Waals surface area contributed by atoms with Crippen molar-refractivity contribution in [2.24, 2.45) is 0 Å². The Bertz CT molecular complexity index is 614. The smallest absolute Gasteiger partial charge is 0.135 e. The summed E-state index contributed by atoms with van der Waals surface area (Å²) in [5.41, 5.74) is 2.33. The molecule has 0 aliphatic carbocycles. The minimum Gasteiger partial charge on any atom is -0.495 e. The molecule has 112 valence electrons. The third-order valence-corrected chi connectivity index (χ3v) is 4.90. The van der Waals surface area contributed by atoms with Gasteiger partial charge >= 0.3 is 0 Å². The van der Waals surface area contributed by atoms with Gasteiger partial charge in [-0.15, -0.1) is 0 Å². The normalized spacial score (nSPS) is 12.0. The second-order valence-corrected chi connectivity index (χ2v) is 7.47. The van der Waals surface area contributed by atoms with Gasteiger partial charge in [0.25, 0.3) is 0 Å². The van der Waals surface area contributed by atoms with Gasteiger partial charge in [0.15, 0.2) is 0 Å². The molecule has 0 radical (unpaired) electrons. The molecule has 0 fully saturated rings. The Balaban J connectivity index is 2.08. The Morgan fingerprint density at radius 1 is 1.05 bits per heavy atom. The molecule has 0 bridgehead atoms. The van der Waals surface area contributed by atoms with Crippen LogP contribution in [0.5, 0.6) is 5.75 Å². The molecule has 0 amide bonds. The maximum Gasteiger partial charge on any atom is 0.135 e. The van der Waals surface area contributed by atoms with Gasteiger partial charge in [-0.25, -0.2) is 0 Å². The van der Waals surface area contributed by atoms with Crippen molar-refractivity contribution in [3.63, 3.8) is 0 Å². The predicted molar refractivity (Wildman–Crippen MR) is 99.3 cm³/mol. The van der Waals surface area contributed by atoms with Gasteiger partial charge in [0.05, 0.1) is 17.3 Å². The Morgan fingerprint density at radius 3 is 2.33 bits per heavy atom. The summed E-state index contributed by atoms with van der Waals surface area (Å²) in [5.74, 6) is 0.816. The molecule has 0 saturated heterocycles. The van der Waals surface area contributed by atoms with Crippen LogP contribution in [0.4, 0.5) is 5.69 Å². The van der Waals surface area contributed by atoms with Gasteiger partial charge in [0, 0.05) is 21.1 Å². The lowest BCUT2D eigenvalue weighted by atomic mass is 10.1. The second-order valence-electron chi connectivity index (χ2n) is 4.84. The fourth-order valence-corrected chi connectivity index (χ4v) is 3.62. The lowest BCUT2D eigenvalue weighted by Crippen LogP contribution is -2.18. The van der Waals surface area contributed by atoms with Crippen molar-refractivity contribution in [2.45, 2.75) is 19.4 Å². The molecule has 5 heteroatoms. The topological polar surface area (TPSA) is 21.3 Å². The Labute approximate surface area is 150 Å². The number of halogens is 3. The molecule has 2 aromatic rings. The van der Waals surface area contributed by atoms with Crippen LogP contribution in [-0.4, -0.2) is 13.2 Å². The quantitative estimate of drug-likeness (QED) is 0.568. The van der Waals surface area contributed by atoms with Crippen LogP contribution >= 0.6 is 47.8 Å². The van der Waals surface area contributed by atoms with Gasteiger partial charge in [-0.3, -0.25) is 0 Å². The number of hydrogen-bond acceptors (Lipinski definition) is 2. The monoisotopic (exact) mass is 475 g/mol. The van der Waals surface area contributed by atoms with E-state index in [1.165, 1.54) is 5.56 Å². The summed E-state index contributed by atoms with van der Waals surface area (Å²) in [6.45, 7) is 2.17. The first-order valence-electron chi connectivity index (χ1n) is 6.53. The Hall–Kier alpha value is -0.520. The number of hydrogen-bond donors (Lipinski definition) is 1. The standard InChI is InChI=1S/C16H16Br3NO/c1-10(7-11-3-5-12(17)6-4-11)20-15-9-16(21-2)14(19)8-13(15)18/h3-6,8-10,20H,7H2,1-2H3. The van der Waals surface area contributed by atoms with Gasteiger partial charge in [-0.1, -0.05) is 28.1 Å². The van der Waals surface area contributed by atoms with E-state index < -0.39 is 0 Å². The van der Waals surface area contributed by atoms with E-state index in [1.54, 1.807) is 7.11 Å². The highest BCUT2D eigenvalue weighted by molar-refractivity contribution is 9.11. The first-order chi connectivity index (χ1) is 9.99. The van der Waals surface area contributed by atoms with Gasteiger partial charge in [0.2, 0.25) is 0 Å². The van der Waals surface area contributed by atoms with Gasteiger partial charge in [-0.2, -0.15) is 0 Å². The molecule has 0 aromatic heterocycles. The van der Waals surface area contributed by atoms with Crippen molar-refractivity contribution in [2.75, 3.05) is 12.4 Å². The van der Waals surface area contributed by atoms with Crippen molar-refractivity contribution in [1.29, 1.82) is 0 Å². The maximum atomic E-state index is 5.34. The highest BCUT2D eigenvalue weighted by Crippen LogP contribution is 2.35. The van der Waals surface area contributed by atoms with Crippen LogP contribution in [0.3, 0.4) is 0 Å². The van der Waals surface area contributed by atoms with Crippen molar-refractivity contribution >= 4 is 53.5 Å². The lowest BCUT2D eigenvalue weighted by molar-refractivity contribution is 0.412. The van der Waals surface area contributed by atoms with E-state index in [0.29, 0.717) is 6.04 Å². The fraction of sp³-hybridized carbons (Fsp3) is 0.250. The first-order valence-corrected chi connectivity index (χ1v) is 8.91. The molecule has 21 heavy (non-hydrogen) atoms. The summed E-state index contributed by atoms with van der Waals surface area (Å²) in [6.07, 6.45) is 0.956. The molecule has 1 unspecified atom stereocenters. The van der Waals surface area contributed by atoms with E-state index in [1.807, 2.05) is 12.1 Å². The SMILES string of the molecule is COc1cc(NC(C)Cc2ccc(Br)cc2)c(Br)cc1Br. The average Bonchev–Trinajstić information content (AvgIpc) is 2.44. The third-order valence-electron chi connectivity index (χ3n) is 3.10. The summed E-state index contributed by atoms with van der Waals surface area (Å²) in [4.78, 5) is 0. The number of methoxy groups -OCH3 is 1. The van der Waals surface area contributed by atoms with Crippen LogP contribution in [0, 0.1) is 0 Å². The highest BCUT2D eigenvalue weighted by atomic mass is 79.9. The summed E-state index contributed by atoms with van der Waals surface area (Å²) in [7, 11) is 1.67. The summed E-state index contributed by atoms with van der Waals surface area (Å²) in [6, 6.07) is 12.7. The number of ether oxygens (including phenoxy) is 1. The molecule has 0 spiro atoms. The molecular formula is C16H16Br3NO. The lowest BCUT2D eigenvalue weighted by Gasteiger charge is -2.18. The Kier molecular flexibility index (Phi) is 6.14. The van der Waals surface area contributed by atoms with Crippen LogP contribution in [0.25, 0.3) is 0 Å². The van der Waals surface area contributed by atoms with Crippen molar-refractivity contribution < 1.29 is 4.74 Å². The molecule has 0 aliphatic heterocycles. The van der Waals surface area contributed by atoms with Crippen molar-refractivity contribution in [3.8, 4) is 5.75 Å². The van der Waals surface area contributed by atoms with Gasteiger partial charge in [0.1, 0.15) is 5.75 Å². The predicted octanol–water partition coefficient (Wildman–Crippen LogP) is 6.03. The zero-order valence-corrected chi connectivity index (χ0v) is 16.5. The van der Waals surface area contributed by atoms with Gasteiger partial charge in [-0.05, 0) is 69.0 Å². The zero-order chi connectivity index (χ0) is 15.4. The van der Waals surface area contributed by atoms with Crippen LogP contribution in [0.15, 0.2) is 49.8 Å². The third kappa shape index (κ3) is 4.73. The van der Waals surface area contributed by atoms with E-state index in [4.69, 9.17) is 4.74 Å². The van der Waals surface area contributed by atoms with Crippen LogP contribution in [0.1, 0.15) is 12.5 Å². The van der Waals surface area contributed by atoms with Crippen LogP contribution in [-0.2, 0) is 6.42 Å². The molecule has 2 nitrogen and oxygen atoms in total. The van der Waals surface area contributed by atoms with E-state index in [2.05, 4.69) is 84.3 Å². The zero-order valence-electron chi connectivity index (χ0n) is 11.8. The largest absolute Gasteiger partial charge is 0.495 e. The molecule has 2 rings (SSSR count). The first kappa shape index (κ1) is 16.8. The summed E-state index contributed by atoms with van der Waals surface area (Å²) < 4.78 is 8.39. The van der Waals surface area contributed by atoms with Crippen LogP contribution < -0.4 is 10.1 Å². The molecule has 0 heterocycles. The maximum absolute atomic E-state index is 5.34. The molecule has 1 atom stereocenters. The van der Waals surface area contributed by atoms with E-state index in [-0.39, 0.29) is 0 Å². The fourth-order valence-electron chi connectivity index (χ4n) is 2.09. The number of nitrogens with one attached hydrogen (secondary N) is 1. The summed E-state index contributed by atoms with van der Waals surface area (Å²) in [5, 5.41) is 3.52. The van der Waals surface area contributed by atoms with Crippen molar-refractivity contribution in [1.82, 2.24) is 0 Å².